The summed E-state index contributed by atoms with van der Waals surface area (Å²) in [6.07, 6.45) is 2.21. The number of unbranched alkanes of at least 4 members (excludes halogenated alkanes) is 1. The molecule has 9 nitrogen and oxygen atoms in total. The summed E-state index contributed by atoms with van der Waals surface area (Å²) in [7, 11) is 0. The summed E-state index contributed by atoms with van der Waals surface area (Å²) in [6, 6.07) is 14.0. The standard InChI is InChI=1S/C31H37N3O6/c1-3-5-16-33-25-10-7-6-9-24(25)31(30(33)38)26(27(35)22-11-13-23(14-12-22)40-4-2)28(36)29(37)34(31)17-8-15-32-18-20-39-21-19-32/h6-7,9-14,35H,3-5,8,15-21H2,1-2H3. The molecule has 3 heterocycles. The number of ketones is 1. The number of fused-ring (bicyclic) bond motifs is 2. The highest BCUT2D eigenvalue weighted by molar-refractivity contribution is 6.50. The summed E-state index contributed by atoms with van der Waals surface area (Å²) in [5, 5.41) is 11.7. The molecule has 1 unspecified atom stereocenters. The van der Waals surface area contributed by atoms with Gasteiger partial charge in [0.25, 0.3) is 17.6 Å². The van der Waals surface area contributed by atoms with Gasteiger partial charge in [0.2, 0.25) is 0 Å². The van der Waals surface area contributed by atoms with Crippen LogP contribution in [0.5, 0.6) is 5.75 Å². The summed E-state index contributed by atoms with van der Waals surface area (Å²) in [6.45, 7) is 8.68. The van der Waals surface area contributed by atoms with Crippen LogP contribution < -0.4 is 9.64 Å². The first-order valence-corrected chi connectivity index (χ1v) is 14.2. The van der Waals surface area contributed by atoms with Crippen LogP contribution in [0, 0.1) is 0 Å². The minimum absolute atomic E-state index is 0.176. The number of morpholine rings is 1. The summed E-state index contributed by atoms with van der Waals surface area (Å²) in [4.78, 5) is 47.4. The molecule has 3 aliphatic rings. The Morgan fingerprint density at radius 1 is 0.950 bits per heavy atom. The van der Waals surface area contributed by atoms with Crippen molar-refractivity contribution in [2.75, 3.05) is 57.4 Å². The normalized spacial score (nSPS) is 22.4. The molecular formula is C31H37N3O6. The van der Waals surface area contributed by atoms with Gasteiger partial charge in [0, 0.05) is 43.9 Å². The van der Waals surface area contributed by atoms with E-state index in [0.717, 1.165) is 25.9 Å². The molecule has 0 saturated carbocycles. The first-order chi connectivity index (χ1) is 19.4. The number of anilines is 1. The maximum atomic E-state index is 14.5. The fourth-order valence-electron chi connectivity index (χ4n) is 6.00. The molecule has 3 aliphatic heterocycles. The number of rotatable bonds is 10. The molecular weight excluding hydrogens is 510 g/mol. The van der Waals surface area contributed by atoms with Crippen LogP contribution >= 0.6 is 0 Å². The molecule has 9 heteroatoms. The van der Waals surface area contributed by atoms with Crippen molar-refractivity contribution in [3.05, 3.63) is 65.2 Å². The van der Waals surface area contributed by atoms with Gasteiger partial charge >= 0.3 is 0 Å². The lowest BCUT2D eigenvalue weighted by molar-refractivity contribution is -0.143. The third-order valence-corrected chi connectivity index (χ3v) is 7.94. The molecule has 0 radical (unpaired) electrons. The zero-order chi connectivity index (χ0) is 28.3. The van der Waals surface area contributed by atoms with E-state index < -0.39 is 17.2 Å². The second-order valence-corrected chi connectivity index (χ2v) is 10.3. The average molecular weight is 548 g/mol. The lowest BCUT2D eigenvalue weighted by atomic mass is 9.82. The molecule has 2 amide bonds. The molecule has 1 N–H and O–H groups in total. The number of benzene rings is 2. The molecule has 2 saturated heterocycles. The van der Waals surface area contributed by atoms with E-state index in [1.54, 1.807) is 35.2 Å². The largest absolute Gasteiger partial charge is 0.507 e. The van der Waals surface area contributed by atoms with Crippen LogP contribution in [-0.2, 0) is 24.7 Å². The zero-order valence-corrected chi connectivity index (χ0v) is 23.2. The average Bonchev–Trinajstić information content (AvgIpc) is 3.35. The van der Waals surface area contributed by atoms with Crippen molar-refractivity contribution in [2.45, 2.75) is 38.6 Å². The molecule has 2 aromatic rings. The Labute approximate surface area is 235 Å². The van der Waals surface area contributed by atoms with Crippen molar-refractivity contribution in [3.63, 3.8) is 0 Å². The minimum Gasteiger partial charge on any atom is -0.507 e. The molecule has 2 fully saturated rings. The van der Waals surface area contributed by atoms with E-state index in [1.165, 1.54) is 4.90 Å². The number of hydrogen-bond acceptors (Lipinski definition) is 7. The van der Waals surface area contributed by atoms with E-state index in [1.807, 2.05) is 32.0 Å². The van der Waals surface area contributed by atoms with E-state index in [9.17, 15) is 19.5 Å². The Bertz CT molecular complexity index is 1300. The monoisotopic (exact) mass is 547 g/mol. The smallest absolute Gasteiger partial charge is 0.296 e. The van der Waals surface area contributed by atoms with Gasteiger partial charge in [0.1, 0.15) is 11.5 Å². The molecule has 5 rings (SSSR count). The summed E-state index contributed by atoms with van der Waals surface area (Å²) >= 11 is 0. The minimum atomic E-state index is -1.73. The SMILES string of the molecule is CCCCN1C(=O)C2(C(=C(O)c3ccc(OCC)cc3)C(=O)C(=O)N2CCCN2CCOCC2)c2ccccc21. The number of nitrogens with zero attached hydrogens (tertiary/aromatic N) is 3. The quantitative estimate of drug-likeness (QED) is 0.276. The number of Topliss-reactive ketones (excluding diaryl/α,β-unsaturated/α-hetero) is 1. The van der Waals surface area contributed by atoms with Gasteiger partial charge in [-0.15, -0.1) is 0 Å². The number of para-hydroxylation sites is 1. The van der Waals surface area contributed by atoms with E-state index in [0.29, 0.717) is 61.9 Å². The molecule has 1 atom stereocenters. The van der Waals surface area contributed by atoms with Gasteiger partial charge in [-0.25, -0.2) is 0 Å². The van der Waals surface area contributed by atoms with E-state index in [4.69, 9.17) is 9.47 Å². The van der Waals surface area contributed by atoms with Gasteiger partial charge in [0.05, 0.1) is 31.1 Å². The maximum Gasteiger partial charge on any atom is 0.296 e. The molecule has 212 valence electrons. The number of amides is 2. The third-order valence-electron chi connectivity index (χ3n) is 7.94. The zero-order valence-electron chi connectivity index (χ0n) is 23.2. The number of carbonyl (C=O) groups excluding carboxylic acids is 3. The van der Waals surface area contributed by atoms with Gasteiger partial charge in [-0.3, -0.25) is 19.3 Å². The summed E-state index contributed by atoms with van der Waals surface area (Å²) < 4.78 is 11.0. The van der Waals surface area contributed by atoms with Crippen molar-refractivity contribution in [1.29, 1.82) is 0 Å². The second kappa shape index (κ2) is 11.8. The van der Waals surface area contributed by atoms with Gasteiger partial charge in [-0.2, -0.15) is 0 Å². The Kier molecular flexibility index (Phi) is 8.23. The Morgan fingerprint density at radius 3 is 2.38 bits per heavy atom. The van der Waals surface area contributed by atoms with E-state index in [2.05, 4.69) is 4.90 Å². The molecule has 1 spiro atoms. The molecule has 0 aromatic heterocycles. The third kappa shape index (κ3) is 4.67. The van der Waals surface area contributed by atoms with Crippen LogP contribution in [0.4, 0.5) is 5.69 Å². The van der Waals surface area contributed by atoms with Crippen LogP contribution in [-0.4, -0.2) is 85.0 Å². The molecule has 40 heavy (non-hydrogen) atoms. The van der Waals surface area contributed by atoms with Crippen LogP contribution in [0.1, 0.15) is 44.2 Å². The van der Waals surface area contributed by atoms with Crippen molar-refractivity contribution < 1.29 is 29.0 Å². The maximum absolute atomic E-state index is 14.5. The summed E-state index contributed by atoms with van der Waals surface area (Å²) in [5.74, 6) is -1.74. The molecule has 0 bridgehead atoms. The Morgan fingerprint density at radius 2 is 1.68 bits per heavy atom. The van der Waals surface area contributed by atoms with Crippen LogP contribution in [0.25, 0.3) is 5.76 Å². The lowest BCUT2D eigenvalue weighted by Gasteiger charge is -2.35. The van der Waals surface area contributed by atoms with Crippen molar-refractivity contribution in [3.8, 4) is 5.75 Å². The fourth-order valence-corrected chi connectivity index (χ4v) is 6.00. The van der Waals surface area contributed by atoms with Gasteiger partial charge in [0.15, 0.2) is 5.54 Å². The van der Waals surface area contributed by atoms with Crippen LogP contribution in [0.2, 0.25) is 0 Å². The number of aliphatic hydroxyl groups is 1. The van der Waals surface area contributed by atoms with Gasteiger partial charge in [-0.1, -0.05) is 31.5 Å². The number of hydrogen-bond donors (Lipinski definition) is 1. The Balaban J connectivity index is 1.62. The van der Waals surface area contributed by atoms with Gasteiger partial charge < -0.3 is 24.4 Å². The lowest BCUT2D eigenvalue weighted by Crippen LogP contribution is -2.52. The Hall–Kier alpha value is -3.69. The van der Waals surface area contributed by atoms with Crippen molar-refractivity contribution >= 4 is 29.0 Å². The summed E-state index contributed by atoms with van der Waals surface area (Å²) in [5.41, 5.74) is -0.352. The second-order valence-electron chi connectivity index (χ2n) is 10.3. The number of likely N-dealkylation sites (tertiary alicyclic amines) is 1. The topological polar surface area (TPSA) is 99.6 Å². The molecule has 0 aliphatic carbocycles. The number of ether oxygens (including phenoxy) is 2. The molecule has 2 aromatic carbocycles. The highest BCUT2D eigenvalue weighted by atomic mass is 16.5. The number of carbonyl (C=O) groups is 3. The van der Waals surface area contributed by atoms with Crippen LogP contribution in [0.3, 0.4) is 0 Å². The van der Waals surface area contributed by atoms with Crippen molar-refractivity contribution in [1.82, 2.24) is 9.80 Å². The van der Waals surface area contributed by atoms with Gasteiger partial charge in [-0.05, 0) is 50.1 Å². The van der Waals surface area contributed by atoms with E-state index in [-0.39, 0.29) is 23.8 Å². The first-order valence-electron chi connectivity index (χ1n) is 14.2. The highest BCUT2D eigenvalue weighted by Crippen LogP contribution is 2.53. The highest BCUT2D eigenvalue weighted by Gasteiger charge is 2.66. The fraction of sp³-hybridized carbons (Fsp3) is 0.452. The van der Waals surface area contributed by atoms with E-state index >= 15 is 0 Å². The predicted molar refractivity (Wildman–Crippen MR) is 151 cm³/mol. The van der Waals surface area contributed by atoms with Crippen LogP contribution in [0.15, 0.2) is 54.1 Å². The first kappa shape index (κ1) is 27.9. The van der Waals surface area contributed by atoms with Crippen molar-refractivity contribution in [2.24, 2.45) is 0 Å². The predicted octanol–water partition coefficient (Wildman–Crippen LogP) is 3.53. The number of aliphatic hydroxyl groups excluding tert-OH is 1.